The number of hydrogen-bond acceptors (Lipinski definition) is 8. The summed E-state index contributed by atoms with van der Waals surface area (Å²) in [4.78, 5) is 51.8. The molecule has 0 amide bonds. The van der Waals surface area contributed by atoms with E-state index in [9.17, 15) is 46.3 Å². The Morgan fingerprint density at radius 2 is 0.807 bits per heavy atom. The van der Waals surface area contributed by atoms with Crippen LogP contribution in [0.2, 0.25) is 0 Å². The Hall–Kier alpha value is -6.97. The predicted octanol–water partition coefficient (Wildman–Crippen LogP) is 18.7. The summed E-state index contributed by atoms with van der Waals surface area (Å²) in [7, 11) is -11.7. The highest BCUT2D eigenvalue weighted by atomic mass is 79.9. The fourth-order valence-electron chi connectivity index (χ4n) is 10.7. The van der Waals surface area contributed by atoms with Crippen molar-refractivity contribution in [2.24, 2.45) is 0 Å². The molecule has 0 fully saturated rings. The Bertz CT molecular complexity index is 4630. The van der Waals surface area contributed by atoms with E-state index in [2.05, 4.69) is 150 Å². The van der Waals surface area contributed by atoms with Gasteiger partial charge in [-0.2, -0.15) is 17.6 Å². The van der Waals surface area contributed by atoms with Gasteiger partial charge in [0.1, 0.15) is 20.6 Å². The van der Waals surface area contributed by atoms with Gasteiger partial charge in [-0.05, 0) is 112 Å². The molecule has 0 spiro atoms. The highest BCUT2D eigenvalue weighted by molar-refractivity contribution is 9.10. The second-order valence-corrected chi connectivity index (χ2v) is 28.8. The molecule has 88 heavy (non-hydrogen) atoms. The van der Waals surface area contributed by atoms with Crippen molar-refractivity contribution in [3.63, 3.8) is 0 Å². The highest BCUT2D eigenvalue weighted by Crippen LogP contribution is 2.62. The molecule has 448 valence electrons. The molecule has 0 aliphatic heterocycles. The summed E-state index contributed by atoms with van der Waals surface area (Å²) in [6.45, 7) is 1.68. The summed E-state index contributed by atoms with van der Waals surface area (Å²) in [5.74, 6) is 0. The first kappa shape index (κ1) is 62.6. The van der Waals surface area contributed by atoms with E-state index in [-0.39, 0.29) is 29.2 Å². The van der Waals surface area contributed by atoms with E-state index in [1.165, 1.54) is 66.8 Å². The van der Waals surface area contributed by atoms with Gasteiger partial charge in [-0.1, -0.05) is 155 Å². The lowest BCUT2D eigenvalue weighted by molar-refractivity contribution is 0.0557. The first-order valence-electron chi connectivity index (χ1n) is 26.8. The molecule has 0 saturated heterocycles. The minimum absolute atomic E-state index is 0. The number of fused-ring (bicyclic) bond motifs is 6. The maximum atomic E-state index is 14.8. The van der Waals surface area contributed by atoms with Crippen molar-refractivity contribution in [2.45, 2.75) is 50.2 Å². The van der Waals surface area contributed by atoms with Crippen molar-refractivity contribution in [3.8, 4) is 0 Å². The number of hydrogen-bond donors (Lipinski definition) is 4. The third-order valence-corrected chi connectivity index (χ3v) is 21.4. The normalized spacial score (nSPS) is 12.4. The van der Waals surface area contributed by atoms with Crippen LogP contribution in [0.25, 0.3) is 63.4 Å². The number of halogens is 6. The maximum Gasteiger partial charge on any atom is 0.399 e. The number of thiazole rings is 3. The van der Waals surface area contributed by atoms with Gasteiger partial charge in [0.2, 0.25) is 0 Å². The number of para-hydroxylation sites is 6. The van der Waals surface area contributed by atoms with Crippen molar-refractivity contribution in [2.75, 3.05) is 0 Å². The van der Waals surface area contributed by atoms with E-state index in [0.29, 0.717) is 21.7 Å². The van der Waals surface area contributed by atoms with Gasteiger partial charge in [-0.3, -0.25) is 9.13 Å². The molecule has 0 unspecified atom stereocenters. The van der Waals surface area contributed by atoms with Crippen LogP contribution >= 0.6 is 81.1 Å². The van der Waals surface area contributed by atoms with Crippen molar-refractivity contribution < 1.29 is 46.3 Å². The van der Waals surface area contributed by atoms with Gasteiger partial charge < -0.3 is 33.3 Å². The van der Waals surface area contributed by atoms with Crippen LogP contribution in [-0.4, -0.2) is 48.2 Å². The van der Waals surface area contributed by atoms with Crippen molar-refractivity contribution in [1.29, 1.82) is 0 Å². The average Bonchev–Trinajstić information content (AvgIpc) is 3.37. The third kappa shape index (κ3) is 12.5. The van der Waals surface area contributed by atoms with Gasteiger partial charge >= 0.3 is 26.5 Å². The third-order valence-electron chi connectivity index (χ3n) is 14.8. The van der Waals surface area contributed by atoms with Crippen molar-refractivity contribution >= 4 is 144 Å². The Morgan fingerprint density at radius 1 is 0.443 bits per heavy atom. The molecule has 14 rings (SSSR count). The fraction of sp³-hybridized carbons (Fsp3) is 0.123. The summed E-state index contributed by atoms with van der Waals surface area (Å²) in [6.07, 6.45) is 6.26. The molecule has 14 aromatic rings. The second kappa shape index (κ2) is 25.1. The first-order valence-corrected chi connectivity index (χ1v) is 34.1. The molecule has 8 aromatic carbocycles. The lowest BCUT2D eigenvalue weighted by Gasteiger charge is -2.36. The Balaban J connectivity index is 0.000000165. The van der Waals surface area contributed by atoms with E-state index in [1.54, 1.807) is 22.7 Å². The van der Waals surface area contributed by atoms with Gasteiger partial charge in [0, 0.05) is 68.1 Å². The summed E-state index contributed by atoms with van der Waals surface area (Å²) < 4.78 is 91.8. The lowest BCUT2D eigenvalue weighted by Crippen LogP contribution is -2.39. The zero-order valence-corrected chi connectivity index (χ0v) is 52.7. The molecule has 0 saturated carbocycles. The van der Waals surface area contributed by atoms with Gasteiger partial charge in [0.15, 0.2) is 0 Å². The molecule has 0 bridgehead atoms. The van der Waals surface area contributed by atoms with Crippen LogP contribution < -0.4 is 0 Å². The van der Waals surface area contributed by atoms with E-state index in [0.717, 1.165) is 61.9 Å². The van der Waals surface area contributed by atoms with Crippen LogP contribution in [0.4, 0.5) is 17.6 Å². The lowest BCUT2D eigenvalue weighted by atomic mass is 9.84. The summed E-state index contributed by atoms with van der Waals surface area (Å²) in [5, 5.41) is 6.32. The minimum atomic E-state index is -5.87. The molecule has 0 atom stereocenters. The number of nitrogens with zero attached hydrogens (tertiary/aromatic N) is 6. The van der Waals surface area contributed by atoms with Crippen LogP contribution in [0.1, 0.15) is 44.7 Å². The smallest absolute Gasteiger partial charge is 0.341 e. The molecule has 12 nitrogen and oxygen atoms in total. The molecule has 0 aliphatic carbocycles. The topological polar surface area (TPSA) is 169 Å². The fourth-order valence-corrected chi connectivity index (χ4v) is 16.4. The molecule has 6 aromatic heterocycles. The molecule has 4 N–H and O–H groups in total. The Morgan fingerprint density at radius 3 is 1.22 bits per heavy atom. The summed E-state index contributed by atoms with van der Waals surface area (Å²) in [6, 6.07) is 61.9. The van der Waals surface area contributed by atoms with Crippen molar-refractivity contribution in [1.82, 2.24) is 28.7 Å². The Kier molecular flexibility index (Phi) is 17.9. The van der Waals surface area contributed by atoms with E-state index in [4.69, 9.17) is 15.0 Å². The van der Waals surface area contributed by atoms with E-state index >= 15 is 0 Å². The van der Waals surface area contributed by atoms with Crippen LogP contribution in [0.3, 0.4) is 0 Å². The van der Waals surface area contributed by atoms with Gasteiger partial charge in [0.05, 0.1) is 43.7 Å². The summed E-state index contributed by atoms with van der Waals surface area (Å²) in [5.41, 5.74) is -4.78. The van der Waals surface area contributed by atoms with Crippen LogP contribution in [0.15, 0.2) is 228 Å². The maximum absolute atomic E-state index is 14.8. The molecule has 23 heteroatoms. The highest BCUT2D eigenvalue weighted by Gasteiger charge is 2.53. The molecule has 0 aliphatic rings. The predicted molar refractivity (Wildman–Crippen MR) is 354 cm³/mol. The van der Waals surface area contributed by atoms with Crippen LogP contribution in [0.5, 0.6) is 0 Å². The number of alkyl halides is 4. The van der Waals surface area contributed by atoms with Crippen LogP contribution in [0, 0.1) is 0 Å². The number of aromatic nitrogens is 6. The summed E-state index contributed by atoms with van der Waals surface area (Å²) >= 11 is 11.1. The minimum Gasteiger partial charge on any atom is -0.341 e. The van der Waals surface area contributed by atoms with E-state index in [1.807, 2.05) is 77.5 Å². The first-order chi connectivity index (χ1) is 41.6. The average molecular weight is 1410 g/mol. The number of rotatable bonds is 14. The monoisotopic (exact) mass is 1400 g/mol. The molecule has 0 radical (unpaired) electrons. The van der Waals surface area contributed by atoms with Gasteiger partial charge in [-0.15, -0.1) is 34.0 Å². The van der Waals surface area contributed by atoms with Gasteiger partial charge in [-0.25, -0.2) is 15.0 Å². The zero-order chi connectivity index (χ0) is 60.9. The zero-order valence-electron chi connectivity index (χ0n) is 45.3. The number of benzene rings is 8. The molecule has 6 heterocycles. The van der Waals surface area contributed by atoms with E-state index < -0.39 is 43.2 Å². The Labute approximate surface area is 530 Å². The standard InChI is InChI=1S/C32H24Br2F4N2O6P2S.2C16H12N2S.CH4/c33-24-15-19(9-11-22(24)31(35,36)47(41,42)43)17-30(29-39-26-6-2-4-8-28(26)49-29,40-14-13-21-5-1-3-7-27(21)40)18-20-10-12-23(25(34)16-20)32(37,38)48(44,45)46;2*1-3-7-14-12(5-1)9-10-18(14)11-16-17-13-6-2-4-8-15(13)19-16;/h1-16H,17-18H2,(H2,41,42,43)(H2,44,45,46);2*1-10H,11H2;1H4. The SMILES string of the molecule is C.O=P(O)(O)C(F)(F)c1ccc(CC(Cc2ccc(C(F)(F)P(=O)(O)O)c(Br)c2)(c2nc3ccccc3s2)n2ccc3ccccc32)cc1Br.c1ccc2c(c1)ccn2Cc1nc2ccccc2s1.c1ccc2c(c1)ccn2Cc1nc2ccccc2s1. The second-order valence-electron chi connectivity index (χ2n) is 20.6. The molecular weight excluding hydrogens is 1350 g/mol. The largest absolute Gasteiger partial charge is 0.399 e. The quantitative estimate of drug-likeness (QED) is 0.0612. The van der Waals surface area contributed by atoms with Crippen LogP contribution in [-0.2, 0) is 51.9 Å². The van der Waals surface area contributed by atoms with Crippen molar-refractivity contribution in [3.05, 3.63) is 265 Å². The van der Waals surface area contributed by atoms with Gasteiger partial charge in [0.25, 0.3) is 0 Å². The molecular formula is C65H52Br2F4N6O6P2S3.